The molecule has 0 radical (unpaired) electrons. The summed E-state index contributed by atoms with van der Waals surface area (Å²) in [5, 5.41) is 18.7. The summed E-state index contributed by atoms with van der Waals surface area (Å²) in [5.74, 6) is -0.820. The van der Waals surface area contributed by atoms with E-state index >= 15 is 0 Å². The summed E-state index contributed by atoms with van der Waals surface area (Å²) in [6.45, 7) is 1.83. The molecule has 86 valence electrons. The molecule has 0 amide bonds. The fourth-order valence-electron chi connectivity index (χ4n) is 1.78. The number of carboxylic acid groups (broad SMARTS) is 1. The first-order chi connectivity index (χ1) is 8.08. The van der Waals surface area contributed by atoms with Gasteiger partial charge in [-0.25, -0.2) is 4.79 Å². The molecule has 3 nitrogen and oxygen atoms in total. The van der Waals surface area contributed by atoms with E-state index in [1.807, 2.05) is 13.0 Å². The molecule has 0 saturated heterocycles. The number of rotatable bonds is 2. The number of carboxylic acids is 1. The summed E-state index contributed by atoms with van der Waals surface area (Å²) in [6.07, 6.45) is 0. The molecule has 0 fully saturated rings. The molecule has 0 spiro atoms. The van der Waals surface area contributed by atoms with Crippen molar-refractivity contribution in [2.45, 2.75) is 6.92 Å². The van der Waals surface area contributed by atoms with E-state index in [-0.39, 0.29) is 11.3 Å². The van der Waals surface area contributed by atoms with Crippen LogP contribution in [0.4, 0.5) is 0 Å². The number of aromatic carboxylic acids is 1. The number of aromatic hydroxyl groups is 1. The predicted octanol–water partition coefficient (Wildman–Crippen LogP) is 3.07. The number of para-hydroxylation sites is 1. The predicted molar refractivity (Wildman–Crippen MR) is 65.2 cm³/mol. The molecule has 0 aliphatic carbocycles. The normalized spacial score (nSPS) is 10.2. The molecule has 0 unspecified atom stereocenters. The van der Waals surface area contributed by atoms with E-state index in [2.05, 4.69) is 0 Å². The molecule has 0 atom stereocenters. The average Bonchev–Trinajstić information content (AvgIpc) is 2.28. The highest BCUT2D eigenvalue weighted by Crippen LogP contribution is 2.29. The third-order valence-corrected chi connectivity index (χ3v) is 2.54. The van der Waals surface area contributed by atoms with Crippen LogP contribution in [-0.2, 0) is 0 Å². The van der Waals surface area contributed by atoms with Gasteiger partial charge in [0.05, 0.1) is 5.56 Å². The van der Waals surface area contributed by atoms with Crippen molar-refractivity contribution in [3.05, 3.63) is 53.6 Å². The van der Waals surface area contributed by atoms with E-state index in [0.29, 0.717) is 11.1 Å². The van der Waals surface area contributed by atoms with E-state index in [1.54, 1.807) is 36.4 Å². The van der Waals surface area contributed by atoms with Gasteiger partial charge in [0.25, 0.3) is 0 Å². The minimum Gasteiger partial charge on any atom is -0.507 e. The van der Waals surface area contributed by atoms with Crippen LogP contribution >= 0.6 is 0 Å². The zero-order valence-electron chi connectivity index (χ0n) is 9.34. The highest BCUT2D eigenvalue weighted by atomic mass is 16.4. The highest BCUT2D eigenvalue weighted by molar-refractivity contribution is 5.90. The van der Waals surface area contributed by atoms with Crippen molar-refractivity contribution in [2.75, 3.05) is 0 Å². The number of phenols is 1. The topological polar surface area (TPSA) is 57.5 Å². The lowest BCUT2D eigenvalue weighted by atomic mass is 9.99. The molecule has 0 aliphatic rings. The second kappa shape index (κ2) is 4.29. The van der Waals surface area contributed by atoms with Crippen LogP contribution in [0.5, 0.6) is 5.75 Å². The van der Waals surface area contributed by atoms with Gasteiger partial charge in [0, 0.05) is 5.56 Å². The zero-order valence-corrected chi connectivity index (χ0v) is 9.34. The van der Waals surface area contributed by atoms with Gasteiger partial charge < -0.3 is 10.2 Å². The number of aryl methyl sites for hydroxylation is 1. The van der Waals surface area contributed by atoms with Crippen LogP contribution in [0.3, 0.4) is 0 Å². The Labute approximate surface area is 99.0 Å². The minimum atomic E-state index is -0.967. The minimum absolute atomic E-state index is 0.148. The lowest BCUT2D eigenvalue weighted by molar-refractivity contribution is 0.0697. The lowest BCUT2D eigenvalue weighted by Crippen LogP contribution is -1.97. The van der Waals surface area contributed by atoms with Crippen LogP contribution in [-0.4, -0.2) is 16.2 Å². The van der Waals surface area contributed by atoms with Crippen LogP contribution in [0.25, 0.3) is 11.1 Å². The quantitative estimate of drug-likeness (QED) is 0.830. The Morgan fingerprint density at radius 1 is 1.12 bits per heavy atom. The van der Waals surface area contributed by atoms with Gasteiger partial charge in [-0.2, -0.15) is 0 Å². The van der Waals surface area contributed by atoms with Crippen LogP contribution in [0, 0.1) is 6.92 Å². The summed E-state index contributed by atoms with van der Waals surface area (Å²) in [5.41, 5.74) is 2.42. The molecular weight excluding hydrogens is 216 g/mol. The molecule has 0 bridgehead atoms. The SMILES string of the molecule is Cc1cc(C(=O)O)cc(-c2ccccc2O)c1. The van der Waals surface area contributed by atoms with Gasteiger partial charge >= 0.3 is 5.97 Å². The second-order valence-electron chi connectivity index (χ2n) is 3.91. The zero-order chi connectivity index (χ0) is 12.4. The van der Waals surface area contributed by atoms with Crippen molar-refractivity contribution < 1.29 is 15.0 Å². The molecule has 0 aromatic heterocycles. The second-order valence-corrected chi connectivity index (χ2v) is 3.91. The molecule has 0 heterocycles. The van der Waals surface area contributed by atoms with Crippen LogP contribution in [0.2, 0.25) is 0 Å². The molecule has 2 N–H and O–H groups in total. The molecule has 2 rings (SSSR count). The molecule has 0 saturated carbocycles. The molecule has 3 heteroatoms. The van der Waals surface area contributed by atoms with Gasteiger partial charge in [-0.3, -0.25) is 0 Å². The first-order valence-electron chi connectivity index (χ1n) is 5.21. The Morgan fingerprint density at radius 2 is 1.82 bits per heavy atom. The van der Waals surface area contributed by atoms with E-state index in [1.165, 1.54) is 0 Å². The van der Waals surface area contributed by atoms with Gasteiger partial charge in [-0.1, -0.05) is 24.3 Å². The van der Waals surface area contributed by atoms with E-state index in [9.17, 15) is 9.90 Å². The molecule has 2 aromatic rings. The summed E-state index contributed by atoms with van der Waals surface area (Å²) < 4.78 is 0. The highest BCUT2D eigenvalue weighted by Gasteiger charge is 2.09. The monoisotopic (exact) mass is 228 g/mol. The number of hydrogen-bond donors (Lipinski definition) is 2. The van der Waals surface area contributed by atoms with Gasteiger partial charge in [0.15, 0.2) is 0 Å². The van der Waals surface area contributed by atoms with Crippen LogP contribution in [0.15, 0.2) is 42.5 Å². The Morgan fingerprint density at radius 3 is 2.47 bits per heavy atom. The van der Waals surface area contributed by atoms with Crippen molar-refractivity contribution in [3.8, 4) is 16.9 Å². The largest absolute Gasteiger partial charge is 0.507 e. The average molecular weight is 228 g/mol. The standard InChI is InChI=1S/C14H12O3/c1-9-6-10(8-11(7-9)14(16)17)12-4-2-3-5-13(12)15/h2-8,15H,1H3,(H,16,17). The van der Waals surface area contributed by atoms with Crippen molar-refractivity contribution in [1.82, 2.24) is 0 Å². The van der Waals surface area contributed by atoms with E-state index in [0.717, 1.165) is 5.56 Å². The summed E-state index contributed by atoms with van der Waals surface area (Å²) in [4.78, 5) is 11.0. The van der Waals surface area contributed by atoms with Gasteiger partial charge in [0.1, 0.15) is 5.75 Å². The first kappa shape index (κ1) is 11.2. The maximum Gasteiger partial charge on any atom is 0.335 e. The van der Waals surface area contributed by atoms with E-state index in [4.69, 9.17) is 5.11 Å². The number of hydrogen-bond acceptors (Lipinski definition) is 2. The maximum atomic E-state index is 11.0. The number of carbonyl (C=O) groups is 1. The summed E-state index contributed by atoms with van der Waals surface area (Å²) >= 11 is 0. The molecular formula is C14H12O3. The van der Waals surface area contributed by atoms with Crippen LogP contribution in [0.1, 0.15) is 15.9 Å². The Hall–Kier alpha value is -2.29. The molecule has 0 aliphatic heterocycles. The number of benzene rings is 2. The Kier molecular flexibility index (Phi) is 2.83. The van der Waals surface area contributed by atoms with Crippen molar-refractivity contribution >= 4 is 5.97 Å². The maximum absolute atomic E-state index is 11.0. The Bertz CT molecular complexity index is 573. The lowest BCUT2D eigenvalue weighted by Gasteiger charge is -2.07. The summed E-state index contributed by atoms with van der Waals surface area (Å²) in [7, 11) is 0. The Balaban J connectivity index is 2.60. The van der Waals surface area contributed by atoms with Crippen molar-refractivity contribution in [1.29, 1.82) is 0 Å². The smallest absolute Gasteiger partial charge is 0.335 e. The first-order valence-corrected chi connectivity index (χ1v) is 5.21. The third-order valence-electron chi connectivity index (χ3n) is 2.54. The van der Waals surface area contributed by atoms with Gasteiger partial charge in [-0.15, -0.1) is 0 Å². The van der Waals surface area contributed by atoms with Gasteiger partial charge in [0.2, 0.25) is 0 Å². The van der Waals surface area contributed by atoms with E-state index < -0.39 is 5.97 Å². The van der Waals surface area contributed by atoms with Crippen molar-refractivity contribution in [3.63, 3.8) is 0 Å². The third kappa shape index (κ3) is 2.28. The van der Waals surface area contributed by atoms with Crippen LogP contribution < -0.4 is 0 Å². The van der Waals surface area contributed by atoms with Crippen molar-refractivity contribution in [2.24, 2.45) is 0 Å². The number of phenolic OH excluding ortho intramolecular Hbond substituents is 1. The fraction of sp³-hybridized carbons (Fsp3) is 0.0714. The van der Waals surface area contributed by atoms with Gasteiger partial charge in [-0.05, 0) is 36.2 Å². The fourth-order valence-corrected chi connectivity index (χ4v) is 1.78. The summed E-state index contributed by atoms with van der Waals surface area (Å²) in [6, 6.07) is 11.9. The molecule has 17 heavy (non-hydrogen) atoms. The molecule has 2 aromatic carbocycles.